The molecule has 0 aliphatic carbocycles. The highest BCUT2D eigenvalue weighted by Gasteiger charge is 2.55. The summed E-state index contributed by atoms with van der Waals surface area (Å²) in [6.07, 6.45) is 0.928. The van der Waals surface area contributed by atoms with Crippen LogP contribution < -0.4 is 9.47 Å². The van der Waals surface area contributed by atoms with Crippen LogP contribution in [0.4, 0.5) is 0 Å². The van der Waals surface area contributed by atoms with Crippen molar-refractivity contribution < 1.29 is 23.7 Å². The van der Waals surface area contributed by atoms with Crippen LogP contribution >= 0.6 is 0 Å². The Morgan fingerprint density at radius 1 is 0.644 bits per heavy atom. The van der Waals surface area contributed by atoms with E-state index in [4.69, 9.17) is 23.7 Å². The van der Waals surface area contributed by atoms with Crippen molar-refractivity contribution in [1.29, 1.82) is 0 Å². The monoisotopic (exact) mass is 602 g/mol. The lowest BCUT2D eigenvalue weighted by Crippen LogP contribution is -2.63. The Kier molecular flexibility index (Phi) is 6.86. The minimum Gasteiger partial charge on any atom is -0.492 e. The smallest absolute Gasteiger partial charge is 0.135 e. The molecule has 3 heterocycles. The molecule has 232 valence electrons. The second-order valence-corrected chi connectivity index (χ2v) is 14.5. The largest absolute Gasteiger partial charge is 0.492 e. The molecule has 3 aliphatic heterocycles. The summed E-state index contributed by atoms with van der Waals surface area (Å²) in [4.78, 5) is 0. The molecule has 0 saturated carbocycles. The SMILES string of the molecule is CCc1ccc2c(OC(C3(C)COC3)C3(C)COC3)c(-c3c4ccccc4c(OCC4(C)COC4)c4ccccc34)ccc2c1. The summed E-state index contributed by atoms with van der Waals surface area (Å²) in [5, 5.41) is 6.86. The number of aryl methyl sites for hydroxylation is 1. The summed E-state index contributed by atoms with van der Waals surface area (Å²) in [5.74, 6) is 1.87. The molecule has 0 bridgehead atoms. The molecule has 5 aromatic rings. The van der Waals surface area contributed by atoms with Crippen molar-refractivity contribution in [2.24, 2.45) is 16.2 Å². The molecule has 0 unspecified atom stereocenters. The quantitative estimate of drug-likeness (QED) is 0.158. The van der Waals surface area contributed by atoms with Gasteiger partial charge in [-0.2, -0.15) is 0 Å². The molecule has 3 saturated heterocycles. The van der Waals surface area contributed by atoms with Crippen LogP contribution in [0.2, 0.25) is 0 Å². The van der Waals surface area contributed by atoms with Gasteiger partial charge >= 0.3 is 0 Å². The number of hydrogen-bond donors (Lipinski definition) is 0. The molecule has 0 spiro atoms. The van der Waals surface area contributed by atoms with Crippen molar-refractivity contribution in [3.63, 3.8) is 0 Å². The van der Waals surface area contributed by atoms with Crippen LogP contribution in [-0.4, -0.2) is 52.4 Å². The van der Waals surface area contributed by atoms with Crippen molar-refractivity contribution in [3.05, 3.63) is 84.4 Å². The van der Waals surface area contributed by atoms with E-state index < -0.39 is 0 Å². The Balaban J connectivity index is 1.37. The first-order valence-electron chi connectivity index (χ1n) is 16.3. The summed E-state index contributed by atoms with van der Waals surface area (Å²) in [7, 11) is 0. The zero-order chi connectivity index (χ0) is 30.8. The van der Waals surface area contributed by atoms with E-state index >= 15 is 0 Å². The minimum absolute atomic E-state index is 0.0370. The molecule has 5 heteroatoms. The summed E-state index contributed by atoms with van der Waals surface area (Å²) in [6, 6.07) is 28.7. The van der Waals surface area contributed by atoms with Crippen molar-refractivity contribution >= 4 is 32.3 Å². The van der Waals surface area contributed by atoms with Gasteiger partial charge in [-0.05, 0) is 34.2 Å². The van der Waals surface area contributed by atoms with Crippen molar-refractivity contribution in [3.8, 4) is 22.6 Å². The predicted octanol–water partition coefficient (Wildman–Crippen LogP) is 8.61. The Morgan fingerprint density at radius 3 is 1.73 bits per heavy atom. The summed E-state index contributed by atoms with van der Waals surface area (Å²) >= 11 is 0. The van der Waals surface area contributed by atoms with Gasteiger partial charge in [0, 0.05) is 32.7 Å². The van der Waals surface area contributed by atoms with Crippen LogP contribution in [0.5, 0.6) is 11.5 Å². The van der Waals surface area contributed by atoms with Crippen LogP contribution in [0.15, 0.2) is 78.9 Å². The predicted molar refractivity (Wildman–Crippen MR) is 180 cm³/mol. The van der Waals surface area contributed by atoms with E-state index in [2.05, 4.69) is 107 Å². The molecule has 0 amide bonds. The lowest BCUT2D eigenvalue weighted by atomic mass is 9.67. The molecule has 5 aromatic carbocycles. The average molecular weight is 603 g/mol. The van der Waals surface area contributed by atoms with Gasteiger partial charge in [0.2, 0.25) is 0 Å². The third-order valence-corrected chi connectivity index (χ3v) is 10.3. The molecule has 45 heavy (non-hydrogen) atoms. The molecule has 3 aliphatic rings. The zero-order valence-corrected chi connectivity index (χ0v) is 26.8. The fourth-order valence-corrected chi connectivity index (χ4v) is 7.60. The normalized spacial score (nSPS) is 19.7. The molecule has 0 N–H and O–H groups in total. The van der Waals surface area contributed by atoms with Gasteiger partial charge in [0.1, 0.15) is 17.6 Å². The van der Waals surface area contributed by atoms with E-state index in [1.54, 1.807) is 0 Å². The highest BCUT2D eigenvalue weighted by Crippen LogP contribution is 2.51. The van der Waals surface area contributed by atoms with Gasteiger partial charge in [0.05, 0.1) is 57.1 Å². The number of rotatable bonds is 9. The van der Waals surface area contributed by atoms with Crippen LogP contribution in [-0.2, 0) is 20.6 Å². The molecule has 8 rings (SSSR count). The average Bonchev–Trinajstić information content (AvgIpc) is 3.02. The van der Waals surface area contributed by atoms with E-state index in [1.807, 2.05) is 0 Å². The van der Waals surface area contributed by atoms with Crippen LogP contribution in [0.3, 0.4) is 0 Å². The van der Waals surface area contributed by atoms with Gasteiger partial charge in [-0.3, -0.25) is 0 Å². The number of benzene rings is 5. The van der Waals surface area contributed by atoms with Crippen molar-refractivity contribution in [2.45, 2.75) is 40.2 Å². The first-order valence-corrected chi connectivity index (χ1v) is 16.3. The fourth-order valence-electron chi connectivity index (χ4n) is 7.60. The topological polar surface area (TPSA) is 46.2 Å². The third kappa shape index (κ3) is 4.70. The molecule has 5 nitrogen and oxygen atoms in total. The highest BCUT2D eigenvalue weighted by atomic mass is 16.5. The van der Waals surface area contributed by atoms with E-state index in [0.29, 0.717) is 33.0 Å². The third-order valence-electron chi connectivity index (χ3n) is 10.3. The number of fused-ring (bicyclic) bond motifs is 3. The molecule has 0 atom stereocenters. The first-order chi connectivity index (χ1) is 21.8. The maximum absolute atomic E-state index is 7.44. The van der Waals surface area contributed by atoms with Crippen LogP contribution in [0.25, 0.3) is 43.4 Å². The highest BCUT2D eigenvalue weighted by molar-refractivity contribution is 6.18. The first kappa shape index (κ1) is 28.8. The molecule has 0 radical (unpaired) electrons. The lowest BCUT2D eigenvalue weighted by molar-refractivity contribution is -0.236. The summed E-state index contributed by atoms with van der Waals surface area (Å²) in [5.41, 5.74) is 3.44. The Bertz CT molecular complexity index is 1840. The Morgan fingerprint density at radius 2 is 1.22 bits per heavy atom. The minimum atomic E-state index is -0.0928. The van der Waals surface area contributed by atoms with Gasteiger partial charge < -0.3 is 23.7 Å². The molecular weight excluding hydrogens is 560 g/mol. The Labute approximate surface area is 265 Å². The lowest BCUT2D eigenvalue weighted by Gasteiger charge is -2.54. The zero-order valence-electron chi connectivity index (χ0n) is 26.8. The van der Waals surface area contributed by atoms with Gasteiger partial charge in [0.25, 0.3) is 0 Å². The van der Waals surface area contributed by atoms with E-state index in [0.717, 1.165) is 63.6 Å². The van der Waals surface area contributed by atoms with Gasteiger partial charge in [-0.25, -0.2) is 0 Å². The van der Waals surface area contributed by atoms with Gasteiger partial charge in [-0.15, -0.1) is 0 Å². The second-order valence-electron chi connectivity index (χ2n) is 14.5. The maximum Gasteiger partial charge on any atom is 0.135 e. The Hall–Kier alpha value is -3.64. The molecule has 3 fully saturated rings. The number of ether oxygens (including phenoxy) is 5. The van der Waals surface area contributed by atoms with E-state index in [9.17, 15) is 0 Å². The van der Waals surface area contributed by atoms with E-state index in [-0.39, 0.29) is 22.3 Å². The summed E-state index contributed by atoms with van der Waals surface area (Å²) < 4.78 is 31.3. The van der Waals surface area contributed by atoms with E-state index in [1.165, 1.54) is 16.5 Å². The summed E-state index contributed by atoms with van der Waals surface area (Å²) in [6.45, 7) is 13.9. The van der Waals surface area contributed by atoms with Crippen molar-refractivity contribution in [1.82, 2.24) is 0 Å². The molecule has 0 aromatic heterocycles. The van der Waals surface area contributed by atoms with Crippen molar-refractivity contribution in [2.75, 3.05) is 46.2 Å². The van der Waals surface area contributed by atoms with Gasteiger partial charge in [-0.1, -0.05) is 100 Å². The molecular formula is C40H42O5. The maximum atomic E-state index is 7.44. The second kappa shape index (κ2) is 10.7. The standard InChI is InChI=1S/C40H42O5/c1-5-26-14-16-28-27(18-26)15-17-33(36(28)45-37(39(3)22-42-23-39)40(4)24-43-25-40)34-29-10-6-8-12-31(29)35(32-13-9-7-11-30(32)34)44-21-38(2)19-41-20-38/h6-18,37H,5,19-25H2,1-4H3. The van der Waals surface area contributed by atoms with Gasteiger partial charge in [0.15, 0.2) is 0 Å². The van der Waals surface area contributed by atoms with Crippen LogP contribution in [0, 0.1) is 16.2 Å². The number of hydrogen-bond acceptors (Lipinski definition) is 5. The fraction of sp³-hybridized carbons (Fsp3) is 0.400. The van der Waals surface area contributed by atoms with Crippen LogP contribution in [0.1, 0.15) is 33.3 Å².